The van der Waals surface area contributed by atoms with Gasteiger partial charge in [-0.05, 0) is 43.4 Å². The molecule has 2 aliphatic heterocycles. The van der Waals surface area contributed by atoms with Gasteiger partial charge in [0.2, 0.25) is 0 Å². The fraction of sp³-hybridized carbons (Fsp3) is 0.529. The molecule has 1 N–H and O–H groups in total. The van der Waals surface area contributed by atoms with Crippen LogP contribution in [0.5, 0.6) is 0 Å². The highest BCUT2D eigenvalue weighted by Gasteiger charge is 2.40. The predicted octanol–water partition coefficient (Wildman–Crippen LogP) is 2.82. The van der Waals surface area contributed by atoms with Gasteiger partial charge in [0, 0.05) is 25.3 Å². The first-order chi connectivity index (χ1) is 11.5. The molecule has 1 unspecified atom stereocenters. The maximum atomic E-state index is 13.2. The van der Waals surface area contributed by atoms with Crippen LogP contribution in [0, 0.1) is 17.7 Å². The molecule has 0 bridgehead atoms. The van der Waals surface area contributed by atoms with Crippen LogP contribution in [0.3, 0.4) is 0 Å². The summed E-state index contributed by atoms with van der Waals surface area (Å²) in [5, 5.41) is 9.19. The first-order valence-corrected chi connectivity index (χ1v) is 8.44. The number of likely N-dealkylation sites (tertiary alicyclic amines) is 1. The van der Waals surface area contributed by atoms with Crippen LogP contribution < -0.4 is 0 Å². The Morgan fingerprint density at radius 1 is 1.25 bits per heavy atom. The molecule has 130 valence electrons. The molecular weight excluding hydrogens is 337 g/mol. The lowest BCUT2D eigenvalue weighted by Gasteiger charge is -2.35. The Balaban J connectivity index is 1.61. The van der Waals surface area contributed by atoms with Crippen molar-refractivity contribution < 1.29 is 23.8 Å². The number of benzene rings is 1. The maximum absolute atomic E-state index is 13.2. The molecular formula is C17H19ClFNO4. The topological polar surface area (TPSA) is 66.8 Å². The van der Waals surface area contributed by atoms with Crippen LogP contribution in [0.1, 0.15) is 29.6 Å². The minimum absolute atomic E-state index is 0.0700. The minimum Gasteiger partial charge on any atom is -0.481 e. The van der Waals surface area contributed by atoms with Gasteiger partial charge in [0.1, 0.15) is 5.82 Å². The van der Waals surface area contributed by atoms with E-state index < -0.39 is 17.7 Å². The third kappa shape index (κ3) is 3.39. The van der Waals surface area contributed by atoms with Gasteiger partial charge in [-0.25, -0.2) is 4.39 Å². The highest BCUT2D eigenvalue weighted by Crippen LogP contribution is 2.33. The molecule has 2 fully saturated rings. The molecule has 5 nitrogen and oxygen atoms in total. The number of nitrogens with zero attached hydrogens (tertiary/aromatic N) is 1. The molecule has 2 saturated heterocycles. The molecule has 0 saturated carbocycles. The van der Waals surface area contributed by atoms with E-state index in [2.05, 4.69) is 0 Å². The molecule has 1 amide bonds. The Bertz CT molecular complexity index is 645. The van der Waals surface area contributed by atoms with Crippen LogP contribution in [0.4, 0.5) is 4.39 Å². The van der Waals surface area contributed by atoms with Crippen LogP contribution in [-0.2, 0) is 9.53 Å². The number of carbonyl (C=O) groups excluding carboxylic acids is 1. The largest absolute Gasteiger partial charge is 0.481 e. The van der Waals surface area contributed by atoms with Gasteiger partial charge in [-0.15, -0.1) is 0 Å². The fourth-order valence-corrected chi connectivity index (χ4v) is 3.76. The SMILES string of the molecule is O=C(O)C1CCO[C@H]1C1CCN(C(=O)c2ccc(F)c(Cl)c2)CC1. The Morgan fingerprint density at radius 2 is 1.96 bits per heavy atom. The lowest BCUT2D eigenvalue weighted by molar-refractivity contribution is -0.145. The molecule has 0 aliphatic carbocycles. The van der Waals surface area contributed by atoms with Gasteiger partial charge in [-0.3, -0.25) is 9.59 Å². The summed E-state index contributed by atoms with van der Waals surface area (Å²) in [6.45, 7) is 1.55. The van der Waals surface area contributed by atoms with E-state index >= 15 is 0 Å². The quantitative estimate of drug-likeness (QED) is 0.905. The van der Waals surface area contributed by atoms with Gasteiger partial charge in [-0.2, -0.15) is 0 Å². The number of hydrogen-bond donors (Lipinski definition) is 1. The number of piperidine rings is 1. The zero-order valence-electron chi connectivity index (χ0n) is 13.1. The summed E-state index contributed by atoms with van der Waals surface area (Å²) in [6, 6.07) is 3.95. The molecule has 1 aromatic rings. The average molecular weight is 356 g/mol. The summed E-state index contributed by atoms with van der Waals surface area (Å²) >= 11 is 5.73. The Morgan fingerprint density at radius 3 is 2.58 bits per heavy atom. The van der Waals surface area contributed by atoms with Crippen LogP contribution >= 0.6 is 11.6 Å². The van der Waals surface area contributed by atoms with E-state index in [0.29, 0.717) is 44.5 Å². The van der Waals surface area contributed by atoms with E-state index in [1.807, 2.05) is 0 Å². The summed E-state index contributed by atoms with van der Waals surface area (Å²) in [5.74, 6) is -1.85. The number of aliphatic carboxylic acids is 1. The number of hydrogen-bond acceptors (Lipinski definition) is 3. The maximum Gasteiger partial charge on any atom is 0.309 e. The normalized spacial score (nSPS) is 25.0. The zero-order valence-corrected chi connectivity index (χ0v) is 13.8. The fourth-order valence-electron chi connectivity index (χ4n) is 3.58. The molecule has 3 rings (SSSR count). The predicted molar refractivity (Wildman–Crippen MR) is 85.5 cm³/mol. The van der Waals surface area contributed by atoms with E-state index in [4.69, 9.17) is 16.3 Å². The van der Waals surface area contributed by atoms with Crippen LogP contribution in [0.15, 0.2) is 18.2 Å². The molecule has 1 aromatic carbocycles. The molecule has 24 heavy (non-hydrogen) atoms. The molecule has 0 radical (unpaired) electrons. The standard InChI is InChI=1S/C17H19ClFNO4/c18-13-9-11(1-2-14(13)19)16(21)20-6-3-10(4-7-20)15-12(17(22)23)5-8-24-15/h1-2,9-10,12,15H,3-8H2,(H,22,23)/t12?,15-/m0/s1. The smallest absolute Gasteiger partial charge is 0.309 e. The first-order valence-electron chi connectivity index (χ1n) is 8.06. The van der Waals surface area contributed by atoms with Crippen molar-refractivity contribution in [1.29, 1.82) is 0 Å². The van der Waals surface area contributed by atoms with Crippen LogP contribution in [-0.4, -0.2) is 47.7 Å². The van der Waals surface area contributed by atoms with Crippen molar-refractivity contribution in [3.63, 3.8) is 0 Å². The lowest BCUT2D eigenvalue weighted by Crippen LogP contribution is -2.43. The second kappa shape index (κ2) is 7.07. The van der Waals surface area contributed by atoms with E-state index in [0.717, 1.165) is 0 Å². The minimum atomic E-state index is -0.808. The van der Waals surface area contributed by atoms with E-state index in [-0.39, 0.29) is 23.0 Å². The van der Waals surface area contributed by atoms with E-state index in [9.17, 15) is 19.1 Å². The Hall–Kier alpha value is -1.66. The molecule has 0 spiro atoms. The molecule has 2 aliphatic rings. The molecule has 2 atom stereocenters. The third-order valence-electron chi connectivity index (χ3n) is 4.91. The van der Waals surface area contributed by atoms with Gasteiger partial charge < -0.3 is 14.7 Å². The summed E-state index contributed by atoms with van der Waals surface area (Å²) < 4.78 is 18.8. The Labute approximate surface area is 144 Å². The lowest BCUT2D eigenvalue weighted by atomic mass is 9.84. The van der Waals surface area contributed by atoms with Gasteiger partial charge in [0.05, 0.1) is 17.0 Å². The summed E-state index contributed by atoms with van der Waals surface area (Å²) in [7, 11) is 0. The average Bonchev–Trinajstić information content (AvgIpc) is 3.07. The van der Waals surface area contributed by atoms with Crippen molar-refractivity contribution in [2.24, 2.45) is 11.8 Å². The summed E-state index contributed by atoms with van der Waals surface area (Å²) in [4.78, 5) is 25.5. The van der Waals surface area contributed by atoms with Crippen molar-refractivity contribution in [1.82, 2.24) is 4.90 Å². The van der Waals surface area contributed by atoms with Crippen molar-refractivity contribution in [2.75, 3.05) is 19.7 Å². The highest BCUT2D eigenvalue weighted by atomic mass is 35.5. The second-order valence-corrected chi connectivity index (χ2v) is 6.73. The molecule has 7 heteroatoms. The number of carboxylic acid groups (broad SMARTS) is 1. The van der Waals surface area contributed by atoms with Gasteiger partial charge >= 0.3 is 5.97 Å². The number of halogens is 2. The summed E-state index contributed by atoms with van der Waals surface area (Å²) in [5.41, 5.74) is 0.361. The zero-order chi connectivity index (χ0) is 17.3. The number of carboxylic acids is 1. The number of ether oxygens (including phenoxy) is 1. The van der Waals surface area contributed by atoms with Crippen molar-refractivity contribution in [3.8, 4) is 0 Å². The third-order valence-corrected chi connectivity index (χ3v) is 5.20. The Kier molecular flexibility index (Phi) is 5.06. The van der Waals surface area contributed by atoms with Crippen LogP contribution in [0.25, 0.3) is 0 Å². The van der Waals surface area contributed by atoms with Gasteiger partial charge in [0.25, 0.3) is 5.91 Å². The van der Waals surface area contributed by atoms with Gasteiger partial charge in [-0.1, -0.05) is 11.6 Å². The number of carbonyl (C=O) groups is 2. The van der Waals surface area contributed by atoms with Gasteiger partial charge in [0.15, 0.2) is 0 Å². The number of rotatable bonds is 3. The molecule has 2 heterocycles. The number of amides is 1. The van der Waals surface area contributed by atoms with Crippen molar-refractivity contribution in [2.45, 2.75) is 25.4 Å². The van der Waals surface area contributed by atoms with Crippen LogP contribution in [0.2, 0.25) is 5.02 Å². The molecule has 0 aromatic heterocycles. The van der Waals surface area contributed by atoms with E-state index in [1.165, 1.54) is 18.2 Å². The second-order valence-electron chi connectivity index (χ2n) is 6.33. The van der Waals surface area contributed by atoms with Crippen molar-refractivity contribution in [3.05, 3.63) is 34.6 Å². The van der Waals surface area contributed by atoms with E-state index in [1.54, 1.807) is 4.90 Å². The monoisotopic (exact) mass is 355 g/mol. The first kappa shape index (κ1) is 17.2. The highest BCUT2D eigenvalue weighted by molar-refractivity contribution is 6.31. The van der Waals surface area contributed by atoms with Crippen molar-refractivity contribution >= 4 is 23.5 Å². The summed E-state index contributed by atoms with van der Waals surface area (Å²) in [6.07, 6.45) is 1.69.